The standard InChI is InChI=1S/C18H24N6O.ClH/c1-12(2)24-11-21-22-17(24)10-23(3)18(25)15(19)8-13-9-20-16-7-5-4-6-14(13)16;/h4-7,9,11-12,15,20H,8,10,19H2,1-3H3;1H/t15-;/m1./s1. The zero-order chi connectivity index (χ0) is 18.0. The molecule has 0 saturated heterocycles. The van der Waals surface area contributed by atoms with Crippen molar-refractivity contribution in [3.05, 3.63) is 48.2 Å². The van der Waals surface area contributed by atoms with Gasteiger partial charge in [-0.25, -0.2) is 0 Å². The van der Waals surface area contributed by atoms with Gasteiger partial charge in [0.25, 0.3) is 0 Å². The molecule has 7 nitrogen and oxygen atoms in total. The zero-order valence-corrected chi connectivity index (χ0v) is 16.0. The molecule has 0 saturated carbocycles. The summed E-state index contributed by atoms with van der Waals surface area (Å²) in [7, 11) is 1.75. The monoisotopic (exact) mass is 376 g/mol. The lowest BCUT2D eigenvalue weighted by atomic mass is 10.0. The van der Waals surface area contributed by atoms with E-state index in [4.69, 9.17) is 5.73 Å². The third kappa shape index (κ3) is 4.05. The van der Waals surface area contributed by atoms with Crippen LogP contribution in [-0.2, 0) is 17.8 Å². The van der Waals surface area contributed by atoms with Crippen LogP contribution in [0.1, 0.15) is 31.3 Å². The van der Waals surface area contributed by atoms with Gasteiger partial charge in [0.15, 0.2) is 5.82 Å². The van der Waals surface area contributed by atoms with Gasteiger partial charge in [-0.3, -0.25) is 4.79 Å². The van der Waals surface area contributed by atoms with E-state index in [1.54, 1.807) is 18.3 Å². The Balaban J connectivity index is 0.00000243. The van der Waals surface area contributed by atoms with Crippen LogP contribution in [0.25, 0.3) is 10.9 Å². The van der Waals surface area contributed by atoms with Gasteiger partial charge in [0, 0.05) is 30.2 Å². The van der Waals surface area contributed by atoms with Gasteiger partial charge in [-0.2, -0.15) is 0 Å². The molecule has 0 aliphatic carbocycles. The Bertz CT molecular complexity index is 871. The molecular formula is C18H25ClN6O. The van der Waals surface area contributed by atoms with Crippen molar-refractivity contribution in [2.24, 2.45) is 5.73 Å². The Kier molecular flexibility index (Phi) is 6.39. The average molecular weight is 377 g/mol. The largest absolute Gasteiger partial charge is 0.361 e. The van der Waals surface area contributed by atoms with Crippen LogP contribution in [-0.4, -0.2) is 43.6 Å². The summed E-state index contributed by atoms with van der Waals surface area (Å²) in [4.78, 5) is 17.5. The number of para-hydroxylation sites is 1. The van der Waals surface area contributed by atoms with E-state index >= 15 is 0 Å². The number of rotatable bonds is 6. The highest BCUT2D eigenvalue weighted by molar-refractivity contribution is 5.86. The number of hydrogen-bond donors (Lipinski definition) is 2. The Morgan fingerprint density at radius 1 is 1.35 bits per heavy atom. The number of carbonyl (C=O) groups excluding carboxylic acids is 1. The van der Waals surface area contributed by atoms with Crippen LogP contribution in [0.15, 0.2) is 36.8 Å². The normalized spacial score (nSPS) is 12.2. The van der Waals surface area contributed by atoms with E-state index in [0.29, 0.717) is 13.0 Å². The maximum atomic E-state index is 12.6. The number of halogens is 1. The highest BCUT2D eigenvalue weighted by Gasteiger charge is 2.21. The zero-order valence-electron chi connectivity index (χ0n) is 15.2. The second kappa shape index (κ2) is 8.33. The lowest BCUT2D eigenvalue weighted by Gasteiger charge is -2.21. The minimum atomic E-state index is -0.598. The smallest absolute Gasteiger partial charge is 0.239 e. The van der Waals surface area contributed by atoms with Gasteiger partial charge in [0.05, 0.1) is 12.6 Å². The van der Waals surface area contributed by atoms with E-state index in [1.165, 1.54) is 0 Å². The van der Waals surface area contributed by atoms with E-state index in [0.717, 1.165) is 22.3 Å². The fourth-order valence-corrected chi connectivity index (χ4v) is 3.01. The van der Waals surface area contributed by atoms with Crippen molar-refractivity contribution in [1.29, 1.82) is 0 Å². The summed E-state index contributed by atoms with van der Waals surface area (Å²) in [6.07, 6.45) is 4.10. The molecule has 1 amide bonds. The van der Waals surface area contributed by atoms with E-state index < -0.39 is 6.04 Å². The van der Waals surface area contributed by atoms with Crippen molar-refractivity contribution in [1.82, 2.24) is 24.6 Å². The average Bonchev–Trinajstić information content (AvgIpc) is 3.21. The molecule has 140 valence electrons. The van der Waals surface area contributed by atoms with Crippen LogP contribution >= 0.6 is 12.4 Å². The van der Waals surface area contributed by atoms with Crippen LogP contribution in [0.2, 0.25) is 0 Å². The number of aromatic nitrogens is 4. The molecule has 26 heavy (non-hydrogen) atoms. The van der Waals surface area contributed by atoms with Crippen LogP contribution in [0, 0.1) is 0 Å². The number of H-pyrrole nitrogens is 1. The van der Waals surface area contributed by atoms with Crippen LogP contribution < -0.4 is 5.73 Å². The van der Waals surface area contributed by atoms with Crippen molar-refractivity contribution in [2.75, 3.05) is 7.05 Å². The molecule has 3 aromatic rings. The summed E-state index contributed by atoms with van der Waals surface area (Å²) in [5.74, 6) is 0.647. The molecule has 8 heteroatoms. The summed E-state index contributed by atoms with van der Waals surface area (Å²) in [6.45, 7) is 4.49. The number of likely N-dealkylation sites (N-methyl/N-ethyl adjacent to an activating group) is 1. The number of amides is 1. The first-order chi connectivity index (χ1) is 12.0. The van der Waals surface area contributed by atoms with Gasteiger partial charge < -0.3 is 20.2 Å². The van der Waals surface area contributed by atoms with Crippen molar-refractivity contribution in [2.45, 2.75) is 38.9 Å². The van der Waals surface area contributed by atoms with E-state index in [-0.39, 0.29) is 24.4 Å². The van der Waals surface area contributed by atoms with Gasteiger partial charge >= 0.3 is 0 Å². The highest BCUT2D eigenvalue weighted by atomic mass is 35.5. The Morgan fingerprint density at radius 2 is 2.08 bits per heavy atom. The highest BCUT2D eigenvalue weighted by Crippen LogP contribution is 2.19. The fourth-order valence-electron chi connectivity index (χ4n) is 3.01. The van der Waals surface area contributed by atoms with Gasteiger partial charge in [-0.15, -0.1) is 22.6 Å². The molecule has 0 fully saturated rings. The van der Waals surface area contributed by atoms with Gasteiger partial charge in [0.1, 0.15) is 6.33 Å². The lowest BCUT2D eigenvalue weighted by molar-refractivity contribution is -0.131. The predicted molar refractivity (Wildman–Crippen MR) is 104 cm³/mol. The molecule has 3 rings (SSSR count). The third-order valence-corrected chi connectivity index (χ3v) is 4.39. The summed E-state index contributed by atoms with van der Waals surface area (Å²) in [6, 6.07) is 7.65. The fraction of sp³-hybridized carbons (Fsp3) is 0.389. The number of nitrogens with two attached hydrogens (primary N) is 1. The number of nitrogens with zero attached hydrogens (tertiary/aromatic N) is 4. The predicted octanol–water partition coefficient (Wildman–Crippen LogP) is 2.29. The minimum absolute atomic E-state index is 0. The van der Waals surface area contributed by atoms with Crippen LogP contribution in [0.3, 0.4) is 0 Å². The Morgan fingerprint density at radius 3 is 2.81 bits per heavy atom. The van der Waals surface area contributed by atoms with E-state index in [9.17, 15) is 4.79 Å². The van der Waals surface area contributed by atoms with E-state index in [1.807, 2.05) is 35.0 Å². The van der Waals surface area contributed by atoms with E-state index in [2.05, 4.69) is 29.0 Å². The SMILES string of the molecule is CC(C)n1cnnc1CN(C)C(=O)[C@H](N)Cc1c[nH]c2ccccc12.Cl. The lowest BCUT2D eigenvalue weighted by Crippen LogP contribution is -2.43. The Hall–Kier alpha value is -2.38. The van der Waals surface area contributed by atoms with Crippen molar-refractivity contribution in [3.8, 4) is 0 Å². The molecular weight excluding hydrogens is 352 g/mol. The molecule has 0 unspecified atom stereocenters. The van der Waals surface area contributed by atoms with Crippen LogP contribution in [0.5, 0.6) is 0 Å². The number of fused-ring (bicyclic) bond motifs is 1. The first-order valence-electron chi connectivity index (χ1n) is 8.41. The van der Waals surface area contributed by atoms with Crippen LogP contribution in [0.4, 0.5) is 0 Å². The van der Waals surface area contributed by atoms with Crippen molar-refractivity contribution in [3.63, 3.8) is 0 Å². The van der Waals surface area contributed by atoms with Crippen molar-refractivity contribution >= 4 is 29.2 Å². The molecule has 3 N–H and O–H groups in total. The quantitative estimate of drug-likeness (QED) is 0.690. The van der Waals surface area contributed by atoms with Gasteiger partial charge in [-0.1, -0.05) is 18.2 Å². The minimum Gasteiger partial charge on any atom is -0.361 e. The first-order valence-corrected chi connectivity index (χ1v) is 8.41. The Labute approximate surface area is 159 Å². The first kappa shape index (κ1) is 19.9. The molecule has 1 atom stereocenters. The molecule has 2 heterocycles. The number of aromatic amines is 1. The molecule has 2 aromatic heterocycles. The summed E-state index contributed by atoms with van der Waals surface area (Å²) < 4.78 is 1.95. The second-order valence-corrected chi connectivity index (χ2v) is 6.61. The topological polar surface area (TPSA) is 92.8 Å². The maximum absolute atomic E-state index is 12.6. The molecule has 1 aromatic carbocycles. The summed E-state index contributed by atoms with van der Waals surface area (Å²) in [5.41, 5.74) is 8.28. The number of hydrogen-bond acceptors (Lipinski definition) is 4. The number of carbonyl (C=O) groups is 1. The summed E-state index contributed by atoms with van der Waals surface area (Å²) >= 11 is 0. The number of nitrogens with one attached hydrogen (secondary N) is 1. The maximum Gasteiger partial charge on any atom is 0.239 e. The molecule has 0 spiro atoms. The molecule has 0 aliphatic heterocycles. The van der Waals surface area contributed by atoms with Gasteiger partial charge in [0.2, 0.25) is 5.91 Å². The third-order valence-electron chi connectivity index (χ3n) is 4.39. The molecule has 0 bridgehead atoms. The van der Waals surface area contributed by atoms with Gasteiger partial charge in [-0.05, 0) is 31.9 Å². The van der Waals surface area contributed by atoms with Crippen molar-refractivity contribution < 1.29 is 4.79 Å². The molecule has 0 radical (unpaired) electrons. The second-order valence-electron chi connectivity index (χ2n) is 6.61. The summed E-state index contributed by atoms with van der Waals surface area (Å²) in [5, 5.41) is 9.15. The number of benzene rings is 1. The molecule has 0 aliphatic rings.